The number of carboxylic acid groups (broad SMARTS) is 1. The number of hydrogen-bond acceptors (Lipinski definition) is 8. The first kappa shape index (κ1) is 29.3. The normalized spacial score (nSPS) is 14.0. The lowest BCUT2D eigenvalue weighted by Gasteiger charge is -2.23. The quantitative estimate of drug-likeness (QED) is 0.0649. The average Bonchev–Trinajstić information content (AvgIpc) is 2.82. The Labute approximate surface area is 201 Å². The number of hydrogen-bond donors (Lipinski definition) is 9. The molecule has 0 spiro atoms. The predicted molar refractivity (Wildman–Crippen MR) is 126 cm³/mol. The number of nitrogens with two attached hydrogens (primary N) is 3. The van der Waals surface area contributed by atoms with Crippen molar-refractivity contribution < 1.29 is 34.5 Å². The summed E-state index contributed by atoms with van der Waals surface area (Å²) >= 11 is 0. The van der Waals surface area contributed by atoms with E-state index in [1.807, 2.05) is 0 Å². The van der Waals surface area contributed by atoms with Gasteiger partial charge in [0.05, 0.1) is 19.3 Å². The van der Waals surface area contributed by atoms with E-state index < -0.39 is 61.1 Å². The van der Waals surface area contributed by atoms with E-state index in [0.717, 1.165) is 5.56 Å². The number of aliphatic hydroxyl groups excluding tert-OH is 2. The summed E-state index contributed by atoms with van der Waals surface area (Å²) < 4.78 is 0. The van der Waals surface area contributed by atoms with Crippen LogP contribution in [-0.2, 0) is 25.6 Å². The molecule has 14 nitrogen and oxygen atoms in total. The van der Waals surface area contributed by atoms with Gasteiger partial charge in [-0.15, -0.1) is 0 Å². The molecule has 0 aromatic heterocycles. The highest BCUT2D eigenvalue weighted by molar-refractivity contribution is 5.94. The molecule has 194 valence electrons. The third kappa shape index (κ3) is 10.8. The molecule has 4 atom stereocenters. The number of benzene rings is 1. The van der Waals surface area contributed by atoms with Crippen LogP contribution in [0.2, 0.25) is 0 Å². The van der Waals surface area contributed by atoms with Gasteiger partial charge in [0.1, 0.15) is 18.1 Å². The van der Waals surface area contributed by atoms with Gasteiger partial charge in [-0.1, -0.05) is 30.3 Å². The molecule has 3 amide bonds. The Morgan fingerprint density at radius 1 is 0.857 bits per heavy atom. The Morgan fingerprint density at radius 3 is 1.86 bits per heavy atom. The second kappa shape index (κ2) is 15.2. The molecular weight excluding hydrogens is 462 g/mol. The van der Waals surface area contributed by atoms with Crippen LogP contribution < -0.4 is 33.2 Å². The molecule has 14 heteroatoms. The number of carboxylic acids is 1. The molecular formula is C21H33N7O7. The number of aliphatic carboxylic acids is 1. The molecule has 0 aliphatic heterocycles. The van der Waals surface area contributed by atoms with Crippen LogP contribution in [-0.4, -0.2) is 88.9 Å². The Bertz CT molecular complexity index is 878. The van der Waals surface area contributed by atoms with E-state index in [1.165, 1.54) is 0 Å². The Morgan fingerprint density at radius 2 is 1.37 bits per heavy atom. The number of nitrogens with zero attached hydrogens (tertiary/aromatic N) is 1. The van der Waals surface area contributed by atoms with Crippen LogP contribution in [0.5, 0.6) is 0 Å². The molecule has 0 saturated carbocycles. The Hall–Kier alpha value is -3.75. The van der Waals surface area contributed by atoms with E-state index in [1.54, 1.807) is 30.3 Å². The fraction of sp³-hybridized carbons (Fsp3) is 0.476. The van der Waals surface area contributed by atoms with Crippen molar-refractivity contribution in [1.82, 2.24) is 16.0 Å². The van der Waals surface area contributed by atoms with E-state index in [2.05, 4.69) is 20.9 Å². The lowest BCUT2D eigenvalue weighted by atomic mass is 10.1. The van der Waals surface area contributed by atoms with Gasteiger partial charge >= 0.3 is 5.97 Å². The molecule has 0 aliphatic rings. The lowest BCUT2D eigenvalue weighted by Crippen LogP contribution is -2.59. The molecule has 0 saturated heterocycles. The molecule has 0 aliphatic carbocycles. The number of carbonyl (C=O) groups excluding carboxylic acids is 3. The summed E-state index contributed by atoms with van der Waals surface area (Å²) in [7, 11) is 0. The zero-order chi connectivity index (χ0) is 26.4. The molecule has 12 N–H and O–H groups in total. The number of rotatable bonds is 15. The van der Waals surface area contributed by atoms with Crippen LogP contribution in [0, 0.1) is 0 Å². The van der Waals surface area contributed by atoms with Gasteiger partial charge in [0.2, 0.25) is 17.7 Å². The standard InChI is InChI=1S/C21H33N7O7/c22-13(9-12-5-2-1-3-6-12)17(31)27-15(10-29)19(33)28-16(11-30)18(32)26-14(20(34)35)7-4-8-25-21(23)24/h1-3,5-6,13-16,29-30H,4,7-11,22H2,(H,26,32)(H,27,31)(H,28,33)(H,34,35)(H4,23,24,25). The van der Waals surface area contributed by atoms with Gasteiger partial charge in [-0.25, -0.2) is 4.79 Å². The second-order valence-electron chi connectivity index (χ2n) is 7.63. The summed E-state index contributed by atoms with van der Waals surface area (Å²) in [6, 6.07) is 3.59. The van der Waals surface area contributed by atoms with Crippen LogP contribution in [0.3, 0.4) is 0 Å². The van der Waals surface area contributed by atoms with E-state index >= 15 is 0 Å². The zero-order valence-electron chi connectivity index (χ0n) is 19.1. The molecule has 1 rings (SSSR count). The molecule has 0 heterocycles. The van der Waals surface area contributed by atoms with Crippen molar-refractivity contribution in [2.75, 3.05) is 19.8 Å². The maximum Gasteiger partial charge on any atom is 0.326 e. The first-order valence-corrected chi connectivity index (χ1v) is 10.8. The maximum atomic E-state index is 12.5. The molecule has 0 fully saturated rings. The highest BCUT2D eigenvalue weighted by Gasteiger charge is 2.29. The van der Waals surface area contributed by atoms with E-state index in [0.29, 0.717) is 0 Å². The largest absolute Gasteiger partial charge is 0.480 e. The molecule has 1 aromatic carbocycles. The van der Waals surface area contributed by atoms with Gasteiger partial charge in [-0.2, -0.15) is 0 Å². The third-order valence-electron chi connectivity index (χ3n) is 4.83. The summed E-state index contributed by atoms with van der Waals surface area (Å²) in [4.78, 5) is 52.4. The number of carbonyl (C=O) groups is 4. The Balaban J connectivity index is 2.68. The molecule has 0 radical (unpaired) electrons. The second-order valence-corrected chi connectivity index (χ2v) is 7.63. The van der Waals surface area contributed by atoms with Gasteiger partial charge in [-0.05, 0) is 24.8 Å². The van der Waals surface area contributed by atoms with E-state index in [9.17, 15) is 34.5 Å². The average molecular weight is 496 g/mol. The van der Waals surface area contributed by atoms with Crippen molar-refractivity contribution >= 4 is 29.7 Å². The fourth-order valence-electron chi connectivity index (χ4n) is 2.93. The van der Waals surface area contributed by atoms with Gasteiger partial charge in [0, 0.05) is 6.54 Å². The van der Waals surface area contributed by atoms with Crippen molar-refractivity contribution in [2.24, 2.45) is 22.2 Å². The van der Waals surface area contributed by atoms with Crippen LogP contribution in [0.25, 0.3) is 0 Å². The highest BCUT2D eigenvalue weighted by Crippen LogP contribution is 2.03. The minimum absolute atomic E-state index is 0.0153. The fourth-order valence-corrected chi connectivity index (χ4v) is 2.93. The molecule has 35 heavy (non-hydrogen) atoms. The van der Waals surface area contributed by atoms with Crippen LogP contribution in [0.4, 0.5) is 0 Å². The van der Waals surface area contributed by atoms with Crippen molar-refractivity contribution in [3.05, 3.63) is 35.9 Å². The first-order chi connectivity index (χ1) is 16.6. The smallest absolute Gasteiger partial charge is 0.326 e. The van der Waals surface area contributed by atoms with Gasteiger partial charge < -0.3 is 48.5 Å². The molecule has 0 bridgehead atoms. The van der Waals surface area contributed by atoms with Gasteiger partial charge in [0.25, 0.3) is 0 Å². The topological polar surface area (TPSA) is 255 Å². The number of aliphatic hydroxyl groups is 2. The lowest BCUT2D eigenvalue weighted by molar-refractivity contribution is -0.142. The molecule has 1 aromatic rings. The van der Waals surface area contributed by atoms with Crippen molar-refractivity contribution in [1.29, 1.82) is 0 Å². The van der Waals surface area contributed by atoms with Gasteiger partial charge in [0.15, 0.2) is 5.96 Å². The van der Waals surface area contributed by atoms with E-state index in [4.69, 9.17) is 17.2 Å². The van der Waals surface area contributed by atoms with Crippen molar-refractivity contribution in [3.8, 4) is 0 Å². The third-order valence-corrected chi connectivity index (χ3v) is 4.83. The maximum absolute atomic E-state index is 12.5. The minimum atomic E-state index is -1.54. The zero-order valence-corrected chi connectivity index (χ0v) is 19.1. The summed E-state index contributed by atoms with van der Waals surface area (Å²) in [5, 5.41) is 35.0. The number of amides is 3. The van der Waals surface area contributed by atoms with Crippen molar-refractivity contribution in [3.63, 3.8) is 0 Å². The number of nitrogens with one attached hydrogen (secondary N) is 3. The van der Waals surface area contributed by atoms with Crippen LogP contribution in [0.15, 0.2) is 35.3 Å². The van der Waals surface area contributed by atoms with Gasteiger partial charge in [-0.3, -0.25) is 19.4 Å². The van der Waals surface area contributed by atoms with Crippen molar-refractivity contribution in [2.45, 2.75) is 43.4 Å². The van der Waals surface area contributed by atoms with Crippen LogP contribution in [0.1, 0.15) is 18.4 Å². The minimum Gasteiger partial charge on any atom is -0.480 e. The number of guanidine groups is 1. The number of aliphatic imine (C=N–C) groups is 1. The van der Waals surface area contributed by atoms with Crippen LogP contribution >= 0.6 is 0 Å². The summed E-state index contributed by atoms with van der Waals surface area (Å²) in [5.74, 6) is -4.14. The van der Waals surface area contributed by atoms with E-state index in [-0.39, 0.29) is 31.8 Å². The summed E-state index contributed by atoms with van der Waals surface area (Å²) in [5.41, 5.74) is 17.1. The summed E-state index contributed by atoms with van der Waals surface area (Å²) in [6.07, 6.45) is 0.416. The SMILES string of the molecule is NC(N)=NCCCC(NC(=O)C(CO)NC(=O)C(CO)NC(=O)C(N)Cc1ccccc1)C(=O)O. The molecule has 4 unspecified atom stereocenters. The predicted octanol–water partition coefficient (Wildman–Crippen LogP) is -3.87. The Kier molecular flexibility index (Phi) is 12.7. The highest BCUT2D eigenvalue weighted by atomic mass is 16.4. The first-order valence-electron chi connectivity index (χ1n) is 10.8. The summed E-state index contributed by atoms with van der Waals surface area (Å²) in [6.45, 7) is -1.53. The monoisotopic (exact) mass is 495 g/mol.